The number of aromatic amines is 1. The van der Waals surface area contributed by atoms with Crippen LogP contribution in [0.2, 0.25) is 0 Å². The average Bonchev–Trinajstić information content (AvgIpc) is 3.22. The number of nitrogens with one attached hydrogen (secondary N) is 1. The normalized spacial score (nSPS) is 19.5. The Kier molecular flexibility index (Phi) is 2.86. The second-order valence-corrected chi connectivity index (χ2v) is 6.92. The third kappa shape index (κ3) is 1.87. The highest BCUT2D eigenvalue weighted by Gasteiger charge is 2.28. The maximum absolute atomic E-state index is 12.8. The first-order valence-corrected chi connectivity index (χ1v) is 8.71. The van der Waals surface area contributed by atoms with Crippen LogP contribution < -0.4 is 10.5 Å². The van der Waals surface area contributed by atoms with Crippen LogP contribution in [0.1, 0.15) is 31.4 Å². The number of nitrogens with zero attached hydrogens (tertiary/aromatic N) is 3. The van der Waals surface area contributed by atoms with Crippen molar-refractivity contribution in [2.24, 2.45) is 0 Å². The number of H-pyrrole nitrogens is 1. The maximum atomic E-state index is 12.8. The molecule has 2 aliphatic rings. The van der Waals surface area contributed by atoms with Crippen LogP contribution in [-0.4, -0.2) is 27.6 Å². The molecule has 3 aromatic rings. The second kappa shape index (κ2) is 4.97. The molecule has 1 atom stereocenters. The van der Waals surface area contributed by atoms with Crippen LogP contribution in [0, 0.1) is 0 Å². The Morgan fingerprint density at radius 1 is 1.21 bits per heavy atom. The summed E-state index contributed by atoms with van der Waals surface area (Å²) in [5.74, 6) is 1.61. The van der Waals surface area contributed by atoms with Crippen LogP contribution in [-0.2, 0) is 6.42 Å². The molecule has 0 radical (unpaired) electrons. The standard InChI is InChI=1S/C19H20N4O/c1-12-10-14-13-6-2-3-7-15(13)20-18(14)19-21-16(11-17(24)23(12)19)22-8-4-5-9-22/h2-3,6-7,11-12,20H,4-5,8-10H2,1H3. The molecule has 0 spiro atoms. The maximum Gasteiger partial charge on any atom is 0.256 e. The van der Waals surface area contributed by atoms with Gasteiger partial charge in [-0.2, -0.15) is 0 Å². The molecule has 5 heteroatoms. The second-order valence-electron chi connectivity index (χ2n) is 6.92. The minimum absolute atomic E-state index is 0.0544. The zero-order valence-corrected chi connectivity index (χ0v) is 13.7. The highest BCUT2D eigenvalue weighted by molar-refractivity contribution is 5.90. The van der Waals surface area contributed by atoms with Gasteiger partial charge in [-0.15, -0.1) is 0 Å². The average molecular weight is 320 g/mol. The number of rotatable bonds is 1. The van der Waals surface area contributed by atoms with Gasteiger partial charge in [0.25, 0.3) is 5.56 Å². The van der Waals surface area contributed by atoms with E-state index in [4.69, 9.17) is 4.98 Å². The van der Waals surface area contributed by atoms with Gasteiger partial charge in [-0.05, 0) is 37.8 Å². The van der Waals surface area contributed by atoms with Crippen LogP contribution >= 0.6 is 0 Å². The van der Waals surface area contributed by atoms with E-state index >= 15 is 0 Å². The van der Waals surface area contributed by atoms with E-state index in [1.165, 1.54) is 23.8 Å². The fourth-order valence-corrected chi connectivity index (χ4v) is 4.18. The minimum atomic E-state index is 0.0544. The summed E-state index contributed by atoms with van der Waals surface area (Å²) in [4.78, 5) is 23.4. The molecule has 0 amide bonds. The van der Waals surface area contributed by atoms with E-state index < -0.39 is 0 Å². The number of hydrogen-bond donors (Lipinski definition) is 1. The Bertz CT molecular complexity index is 994. The molecule has 1 unspecified atom stereocenters. The molecule has 0 bridgehead atoms. The summed E-state index contributed by atoms with van der Waals surface area (Å²) >= 11 is 0. The molecule has 5 nitrogen and oxygen atoms in total. The van der Waals surface area contributed by atoms with E-state index in [1.807, 2.05) is 10.6 Å². The fourth-order valence-electron chi connectivity index (χ4n) is 4.18. The lowest BCUT2D eigenvalue weighted by molar-refractivity contribution is 0.513. The van der Waals surface area contributed by atoms with Crippen LogP contribution in [0.25, 0.3) is 22.4 Å². The molecule has 2 aliphatic heterocycles. The summed E-state index contributed by atoms with van der Waals surface area (Å²) in [5, 5.41) is 1.24. The van der Waals surface area contributed by atoms with E-state index in [0.717, 1.165) is 42.4 Å². The molecule has 5 rings (SSSR count). The van der Waals surface area contributed by atoms with E-state index in [2.05, 4.69) is 35.0 Å². The highest BCUT2D eigenvalue weighted by atomic mass is 16.1. The number of hydrogen-bond acceptors (Lipinski definition) is 3. The van der Waals surface area contributed by atoms with Crippen molar-refractivity contribution in [3.63, 3.8) is 0 Å². The monoisotopic (exact) mass is 320 g/mol. The number of anilines is 1. The minimum Gasteiger partial charge on any atom is -0.356 e. The predicted molar refractivity (Wildman–Crippen MR) is 95.7 cm³/mol. The van der Waals surface area contributed by atoms with E-state index in [1.54, 1.807) is 6.07 Å². The Hall–Kier alpha value is -2.56. The first kappa shape index (κ1) is 13.8. The van der Waals surface area contributed by atoms with Crippen molar-refractivity contribution in [1.29, 1.82) is 0 Å². The largest absolute Gasteiger partial charge is 0.356 e. The van der Waals surface area contributed by atoms with Gasteiger partial charge in [-0.3, -0.25) is 9.36 Å². The summed E-state index contributed by atoms with van der Waals surface area (Å²) in [5.41, 5.74) is 3.46. The van der Waals surface area contributed by atoms with Crippen molar-refractivity contribution < 1.29 is 0 Å². The summed E-state index contributed by atoms with van der Waals surface area (Å²) in [6.45, 7) is 4.09. The van der Waals surface area contributed by atoms with Crippen LogP contribution in [0.4, 0.5) is 5.82 Å². The third-order valence-corrected chi connectivity index (χ3v) is 5.35. The van der Waals surface area contributed by atoms with Crippen molar-refractivity contribution in [3.8, 4) is 11.5 Å². The fraction of sp³-hybridized carbons (Fsp3) is 0.368. The molecule has 1 fully saturated rings. The first-order chi connectivity index (χ1) is 11.7. The van der Waals surface area contributed by atoms with Crippen molar-refractivity contribution in [2.75, 3.05) is 18.0 Å². The lowest BCUT2D eigenvalue weighted by atomic mass is 9.99. The SMILES string of the molecule is CC1Cc2c([nH]c3ccccc23)-c2nc(N3CCCC3)cc(=O)n21. The molecule has 1 N–H and O–H groups in total. The molecule has 24 heavy (non-hydrogen) atoms. The molecular formula is C19H20N4O. The lowest BCUT2D eigenvalue weighted by Gasteiger charge is -2.26. The van der Waals surface area contributed by atoms with Gasteiger partial charge >= 0.3 is 0 Å². The zero-order valence-electron chi connectivity index (χ0n) is 13.7. The van der Waals surface area contributed by atoms with Gasteiger partial charge in [0.1, 0.15) is 5.82 Å². The molecule has 0 aliphatic carbocycles. The van der Waals surface area contributed by atoms with Gasteiger partial charge in [-0.1, -0.05) is 18.2 Å². The zero-order chi connectivity index (χ0) is 16.3. The topological polar surface area (TPSA) is 53.9 Å². The van der Waals surface area contributed by atoms with Crippen LogP contribution in [0.3, 0.4) is 0 Å². The van der Waals surface area contributed by atoms with E-state index in [9.17, 15) is 4.79 Å². The van der Waals surface area contributed by atoms with Gasteiger partial charge in [0.05, 0.1) is 5.69 Å². The molecule has 1 aromatic carbocycles. The van der Waals surface area contributed by atoms with Crippen LogP contribution in [0.5, 0.6) is 0 Å². The van der Waals surface area contributed by atoms with Gasteiger partial charge in [0.2, 0.25) is 0 Å². The van der Waals surface area contributed by atoms with Crippen molar-refractivity contribution >= 4 is 16.7 Å². The molecule has 1 saturated heterocycles. The van der Waals surface area contributed by atoms with Crippen LogP contribution in [0.15, 0.2) is 35.1 Å². The van der Waals surface area contributed by atoms with Crippen molar-refractivity contribution in [1.82, 2.24) is 14.5 Å². The predicted octanol–water partition coefficient (Wildman–Crippen LogP) is 3.11. The quantitative estimate of drug-likeness (QED) is 0.749. The van der Waals surface area contributed by atoms with Gasteiger partial charge in [0, 0.05) is 36.1 Å². The molecule has 122 valence electrons. The Balaban J connectivity index is 1.78. The van der Waals surface area contributed by atoms with E-state index in [0.29, 0.717) is 0 Å². The summed E-state index contributed by atoms with van der Waals surface area (Å²) < 4.78 is 1.84. The van der Waals surface area contributed by atoms with Gasteiger partial charge in [-0.25, -0.2) is 4.98 Å². The lowest BCUT2D eigenvalue weighted by Crippen LogP contribution is -2.32. The highest BCUT2D eigenvalue weighted by Crippen LogP contribution is 2.37. The smallest absolute Gasteiger partial charge is 0.256 e. The first-order valence-electron chi connectivity index (χ1n) is 8.71. The Morgan fingerprint density at radius 3 is 2.83 bits per heavy atom. The summed E-state index contributed by atoms with van der Waals surface area (Å²) in [6.07, 6.45) is 3.21. The molecule has 2 aromatic heterocycles. The van der Waals surface area contributed by atoms with E-state index in [-0.39, 0.29) is 11.6 Å². The van der Waals surface area contributed by atoms with Crippen molar-refractivity contribution in [2.45, 2.75) is 32.2 Å². The molecule has 0 saturated carbocycles. The van der Waals surface area contributed by atoms with Gasteiger partial charge < -0.3 is 9.88 Å². The Labute approximate surface area is 139 Å². The third-order valence-electron chi connectivity index (χ3n) is 5.35. The van der Waals surface area contributed by atoms with Crippen molar-refractivity contribution in [3.05, 3.63) is 46.2 Å². The van der Waals surface area contributed by atoms with Gasteiger partial charge in [0.15, 0.2) is 5.82 Å². The Morgan fingerprint density at radius 2 is 2.00 bits per heavy atom. The summed E-state index contributed by atoms with van der Waals surface area (Å²) in [6, 6.07) is 10.2. The number of para-hydroxylation sites is 1. The number of benzene rings is 1. The molecule has 4 heterocycles. The number of aromatic nitrogens is 3. The summed E-state index contributed by atoms with van der Waals surface area (Å²) in [7, 11) is 0. The number of fused-ring (bicyclic) bond motifs is 5. The molecular weight excluding hydrogens is 300 g/mol.